The van der Waals surface area contributed by atoms with Gasteiger partial charge in [0.25, 0.3) is 0 Å². The third-order valence-corrected chi connectivity index (χ3v) is 4.28. The Kier molecular flexibility index (Phi) is 5.69. The summed E-state index contributed by atoms with van der Waals surface area (Å²) in [5, 5.41) is -0.379. The van der Waals surface area contributed by atoms with Crippen molar-refractivity contribution in [1.29, 1.82) is 0 Å². The number of esters is 1. The summed E-state index contributed by atoms with van der Waals surface area (Å²) in [4.78, 5) is 31.1. The molecule has 0 saturated carbocycles. The fourth-order valence-electron chi connectivity index (χ4n) is 2.14. The Morgan fingerprint density at radius 3 is 1.96 bits per heavy atom. The van der Waals surface area contributed by atoms with Gasteiger partial charge in [-0.15, -0.1) is 0 Å². The van der Waals surface area contributed by atoms with Gasteiger partial charge in [-0.2, -0.15) is 0 Å². The van der Waals surface area contributed by atoms with Crippen molar-refractivity contribution >= 4 is 18.9 Å². The molecule has 0 saturated heterocycles. The second kappa shape index (κ2) is 7.57. The average molecular weight is 368 g/mol. The van der Waals surface area contributed by atoms with Crippen LogP contribution in [0.4, 0.5) is 0 Å². The molecule has 8 nitrogen and oxygen atoms in total. The van der Waals surface area contributed by atoms with E-state index >= 15 is 0 Å². The predicted octanol–water partition coefficient (Wildman–Crippen LogP) is 1.73. The zero-order valence-corrected chi connectivity index (χ0v) is 14.6. The largest absolute Gasteiger partial charge is 0.493 e. The van der Waals surface area contributed by atoms with Crippen molar-refractivity contribution < 1.29 is 38.1 Å². The zero-order valence-electron chi connectivity index (χ0n) is 13.8. The van der Waals surface area contributed by atoms with Crippen molar-refractivity contribution in [3.8, 4) is 23.0 Å². The van der Waals surface area contributed by atoms with Crippen LogP contribution in [0.2, 0.25) is 0 Å². The zero-order chi connectivity index (χ0) is 18.6. The number of para-hydroxylation sites is 1. The molecule has 2 aromatic carbocycles. The van der Waals surface area contributed by atoms with Gasteiger partial charge in [0.05, 0.1) is 26.9 Å². The van der Waals surface area contributed by atoms with E-state index in [-0.39, 0.29) is 28.1 Å². The van der Waals surface area contributed by atoms with Gasteiger partial charge in [0.15, 0.2) is 11.5 Å². The van der Waals surface area contributed by atoms with Crippen LogP contribution in [0, 0.1) is 0 Å². The molecular formula is C16H17O8P. The Hall–Kier alpha value is -2.54. The standard InChI is InChI=1S/C16H17O8P/c1-21-12-8-10(9-13(22-2)15(12)23-3)16(17)24-11-6-4-5-7-14(11)25(18,19)20/h4-9H,1-3H3,(H2,18,19,20). The highest BCUT2D eigenvalue weighted by molar-refractivity contribution is 7.60. The number of methoxy groups -OCH3 is 3. The average Bonchev–Trinajstić information content (AvgIpc) is 2.59. The lowest BCUT2D eigenvalue weighted by molar-refractivity contribution is 0.0735. The molecule has 0 spiro atoms. The number of hydrogen-bond acceptors (Lipinski definition) is 6. The van der Waals surface area contributed by atoms with E-state index in [2.05, 4.69) is 0 Å². The minimum atomic E-state index is -4.59. The van der Waals surface area contributed by atoms with Crippen LogP contribution in [0.1, 0.15) is 10.4 Å². The van der Waals surface area contributed by atoms with Crippen LogP contribution in [0.25, 0.3) is 0 Å². The molecule has 0 atom stereocenters. The second-order valence-electron chi connectivity index (χ2n) is 4.82. The first-order valence-corrected chi connectivity index (χ1v) is 8.60. The summed E-state index contributed by atoms with van der Waals surface area (Å²) in [5.74, 6) is -0.263. The number of hydrogen-bond donors (Lipinski definition) is 2. The van der Waals surface area contributed by atoms with E-state index in [1.54, 1.807) is 0 Å². The van der Waals surface area contributed by atoms with Crippen molar-refractivity contribution in [1.82, 2.24) is 0 Å². The molecule has 2 N–H and O–H groups in total. The highest BCUT2D eigenvalue weighted by atomic mass is 31.2. The Bertz CT molecular complexity index is 802. The van der Waals surface area contributed by atoms with Gasteiger partial charge in [0.1, 0.15) is 11.1 Å². The van der Waals surface area contributed by atoms with E-state index < -0.39 is 13.6 Å². The van der Waals surface area contributed by atoms with Gasteiger partial charge in [0.2, 0.25) is 5.75 Å². The van der Waals surface area contributed by atoms with Gasteiger partial charge < -0.3 is 28.7 Å². The molecule has 0 heterocycles. The Morgan fingerprint density at radius 2 is 1.48 bits per heavy atom. The Balaban J connectivity index is 2.42. The van der Waals surface area contributed by atoms with Gasteiger partial charge in [-0.25, -0.2) is 4.79 Å². The summed E-state index contributed by atoms with van der Waals surface area (Å²) < 4.78 is 32.1. The molecule has 9 heteroatoms. The van der Waals surface area contributed by atoms with Crippen molar-refractivity contribution in [2.24, 2.45) is 0 Å². The van der Waals surface area contributed by atoms with E-state index in [0.29, 0.717) is 5.75 Å². The summed E-state index contributed by atoms with van der Waals surface area (Å²) in [6, 6.07) is 8.18. The summed E-state index contributed by atoms with van der Waals surface area (Å²) >= 11 is 0. The highest BCUT2D eigenvalue weighted by Crippen LogP contribution is 2.39. The van der Waals surface area contributed by atoms with Crippen LogP contribution < -0.4 is 24.3 Å². The predicted molar refractivity (Wildman–Crippen MR) is 89.2 cm³/mol. The lowest BCUT2D eigenvalue weighted by atomic mass is 10.2. The van der Waals surface area contributed by atoms with Gasteiger partial charge in [-0.1, -0.05) is 12.1 Å². The topological polar surface area (TPSA) is 112 Å². The second-order valence-corrected chi connectivity index (χ2v) is 6.39. The summed E-state index contributed by atoms with van der Waals surface area (Å²) in [6.45, 7) is 0. The van der Waals surface area contributed by atoms with Gasteiger partial charge in [-0.05, 0) is 24.3 Å². The number of carbonyl (C=O) groups is 1. The molecule has 134 valence electrons. The molecule has 0 fully saturated rings. The van der Waals surface area contributed by atoms with Crippen LogP contribution in [0.3, 0.4) is 0 Å². The van der Waals surface area contributed by atoms with Gasteiger partial charge >= 0.3 is 13.6 Å². The normalized spacial score (nSPS) is 10.9. The molecule has 0 bridgehead atoms. The van der Waals surface area contributed by atoms with E-state index in [1.165, 1.54) is 57.7 Å². The van der Waals surface area contributed by atoms with Crippen molar-refractivity contribution in [2.75, 3.05) is 21.3 Å². The first kappa shape index (κ1) is 18.8. The lowest BCUT2D eigenvalue weighted by Crippen LogP contribution is -2.16. The minimum Gasteiger partial charge on any atom is -0.493 e. The molecule has 0 aromatic heterocycles. The summed E-state index contributed by atoms with van der Waals surface area (Å²) in [5.41, 5.74) is 0.0648. The molecule has 2 aromatic rings. The maximum atomic E-state index is 12.4. The smallest absolute Gasteiger partial charge is 0.359 e. The van der Waals surface area contributed by atoms with Crippen molar-refractivity contribution in [3.63, 3.8) is 0 Å². The van der Waals surface area contributed by atoms with E-state index in [1.807, 2.05) is 0 Å². The van der Waals surface area contributed by atoms with E-state index in [0.717, 1.165) is 0 Å². The van der Waals surface area contributed by atoms with Crippen LogP contribution in [0.15, 0.2) is 36.4 Å². The highest BCUT2D eigenvalue weighted by Gasteiger charge is 2.25. The lowest BCUT2D eigenvalue weighted by Gasteiger charge is -2.14. The summed E-state index contributed by atoms with van der Waals surface area (Å²) in [7, 11) is -0.372. The third-order valence-electron chi connectivity index (χ3n) is 3.28. The van der Waals surface area contributed by atoms with Crippen LogP contribution in [-0.4, -0.2) is 37.1 Å². The van der Waals surface area contributed by atoms with Crippen LogP contribution >= 0.6 is 7.60 Å². The first-order valence-electron chi connectivity index (χ1n) is 6.99. The monoisotopic (exact) mass is 368 g/mol. The van der Waals surface area contributed by atoms with E-state index in [4.69, 9.17) is 18.9 Å². The molecule has 25 heavy (non-hydrogen) atoms. The SMILES string of the molecule is COc1cc(C(=O)Oc2ccccc2P(=O)(O)O)cc(OC)c1OC. The Labute approximate surface area is 144 Å². The number of rotatable bonds is 6. The van der Waals surface area contributed by atoms with E-state index in [9.17, 15) is 19.1 Å². The quantitative estimate of drug-likeness (QED) is 0.451. The first-order chi connectivity index (χ1) is 11.8. The number of carbonyl (C=O) groups excluding carboxylic acids is 1. The van der Waals surface area contributed by atoms with Gasteiger partial charge in [-0.3, -0.25) is 4.57 Å². The van der Waals surface area contributed by atoms with Crippen molar-refractivity contribution in [3.05, 3.63) is 42.0 Å². The maximum absolute atomic E-state index is 12.4. The molecule has 0 amide bonds. The fourth-order valence-corrected chi connectivity index (χ4v) is 2.83. The molecule has 0 aliphatic rings. The number of ether oxygens (including phenoxy) is 4. The molecule has 0 aliphatic carbocycles. The number of benzene rings is 2. The molecule has 0 unspecified atom stereocenters. The molecular weight excluding hydrogens is 351 g/mol. The van der Waals surface area contributed by atoms with Crippen molar-refractivity contribution in [2.45, 2.75) is 0 Å². The minimum absolute atomic E-state index is 0.0648. The van der Waals surface area contributed by atoms with Crippen LogP contribution in [-0.2, 0) is 4.57 Å². The molecule has 0 radical (unpaired) electrons. The Morgan fingerprint density at radius 1 is 0.920 bits per heavy atom. The third kappa shape index (κ3) is 4.11. The van der Waals surface area contributed by atoms with Gasteiger partial charge in [0, 0.05) is 0 Å². The molecule has 2 rings (SSSR count). The maximum Gasteiger partial charge on any atom is 0.359 e. The molecule has 0 aliphatic heterocycles. The fraction of sp³-hybridized carbons (Fsp3) is 0.188. The summed E-state index contributed by atoms with van der Waals surface area (Å²) in [6.07, 6.45) is 0. The van der Waals surface area contributed by atoms with Crippen LogP contribution in [0.5, 0.6) is 23.0 Å².